The van der Waals surface area contributed by atoms with E-state index in [4.69, 9.17) is 14.2 Å². The van der Waals surface area contributed by atoms with Gasteiger partial charge in [0, 0.05) is 17.3 Å². The van der Waals surface area contributed by atoms with E-state index in [2.05, 4.69) is 11.9 Å². The Morgan fingerprint density at radius 1 is 1.17 bits per heavy atom. The molecule has 0 unspecified atom stereocenters. The third-order valence-electron chi connectivity index (χ3n) is 3.23. The van der Waals surface area contributed by atoms with Crippen molar-refractivity contribution in [3.8, 4) is 17.2 Å². The monoisotopic (exact) mass is 311 g/mol. The van der Waals surface area contributed by atoms with Crippen LogP contribution in [0.3, 0.4) is 0 Å². The van der Waals surface area contributed by atoms with Gasteiger partial charge in [-0.3, -0.25) is 4.79 Å². The van der Waals surface area contributed by atoms with Crippen molar-refractivity contribution in [2.75, 3.05) is 18.7 Å². The third kappa shape index (κ3) is 3.63. The van der Waals surface area contributed by atoms with Crippen molar-refractivity contribution < 1.29 is 19.0 Å². The number of carbonyl (C=O) groups is 1. The largest absolute Gasteiger partial charge is 0.489 e. The number of carbonyl (C=O) groups excluding carboxylic acids is 1. The van der Waals surface area contributed by atoms with Gasteiger partial charge in [-0.05, 0) is 48.9 Å². The SMILES string of the molecule is C=C(C)COc1ccc(C(=O)Nc2ccc3c(c2)OCO3)cc1. The molecule has 0 saturated heterocycles. The summed E-state index contributed by atoms with van der Waals surface area (Å²) < 4.78 is 16.0. The lowest BCUT2D eigenvalue weighted by molar-refractivity contribution is 0.102. The Hall–Kier alpha value is -2.95. The molecule has 5 nitrogen and oxygen atoms in total. The number of rotatable bonds is 5. The summed E-state index contributed by atoms with van der Waals surface area (Å²) >= 11 is 0. The van der Waals surface area contributed by atoms with Crippen molar-refractivity contribution in [3.63, 3.8) is 0 Å². The molecule has 0 spiro atoms. The van der Waals surface area contributed by atoms with Crippen LogP contribution in [0.5, 0.6) is 17.2 Å². The summed E-state index contributed by atoms with van der Waals surface area (Å²) in [5.41, 5.74) is 2.14. The Bertz CT molecular complexity index is 737. The van der Waals surface area contributed by atoms with Crippen LogP contribution in [-0.2, 0) is 0 Å². The van der Waals surface area contributed by atoms with Crippen LogP contribution in [0.1, 0.15) is 17.3 Å². The van der Waals surface area contributed by atoms with E-state index in [0.717, 1.165) is 5.57 Å². The average Bonchev–Trinajstić information content (AvgIpc) is 3.01. The first-order valence-electron chi connectivity index (χ1n) is 7.20. The maximum atomic E-state index is 12.3. The molecule has 0 aromatic heterocycles. The molecule has 3 rings (SSSR count). The van der Waals surface area contributed by atoms with Crippen LogP contribution >= 0.6 is 0 Å². The summed E-state index contributed by atoms with van der Waals surface area (Å²) in [6, 6.07) is 12.2. The Morgan fingerprint density at radius 3 is 2.65 bits per heavy atom. The van der Waals surface area contributed by atoms with Gasteiger partial charge in [0.05, 0.1) is 0 Å². The Kier molecular flexibility index (Phi) is 4.19. The molecule has 2 aromatic carbocycles. The van der Waals surface area contributed by atoms with Crippen LogP contribution in [0.2, 0.25) is 0 Å². The quantitative estimate of drug-likeness (QED) is 0.857. The lowest BCUT2D eigenvalue weighted by Gasteiger charge is -2.08. The fourth-order valence-electron chi connectivity index (χ4n) is 2.09. The minimum absolute atomic E-state index is 0.199. The number of fused-ring (bicyclic) bond motifs is 1. The van der Waals surface area contributed by atoms with E-state index in [-0.39, 0.29) is 12.7 Å². The van der Waals surface area contributed by atoms with Crippen molar-refractivity contribution in [3.05, 3.63) is 60.2 Å². The molecule has 0 fully saturated rings. The number of nitrogens with one attached hydrogen (secondary N) is 1. The average molecular weight is 311 g/mol. The smallest absolute Gasteiger partial charge is 0.255 e. The van der Waals surface area contributed by atoms with Gasteiger partial charge in [0.15, 0.2) is 11.5 Å². The summed E-state index contributed by atoms with van der Waals surface area (Å²) in [7, 11) is 0. The lowest BCUT2D eigenvalue weighted by atomic mass is 10.2. The van der Waals surface area contributed by atoms with Crippen molar-refractivity contribution >= 4 is 11.6 Å². The molecule has 23 heavy (non-hydrogen) atoms. The van der Waals surface area contributed by atoms with Crippen LogP contribution in [0.4, 0.5) is 5.69 Å². The van der Waals surface area contributed by atoms with E-state index >= 15 is 0 Å². The molecule has 0 bridgehead atoms. The normalized spacial score (nSPS) is 11.9. The van der Waals surface area contributed by atoms with E-state index < -0.39 is 0 Å². The molecule has 0 radical (unpaired) electrons. The molecule has 1 amide bonds. The van der Waals surface area contributed by atoms with Crippen molar-refractivity contribution in [2.24, 2.45) is 0 Å². The molecule has 1 aliphatic rings. The van der Waals surface area contributed by atoms with Crippen LogP contribution in [0, 0.1) is 0 Å². The van der Waals surface area contributed by atoms with Gasteiger partial charge >= 0.3 is 0 Å². The Morgan fingerprint density at radius 2 is 1.91 bits per heavy atom. The molecule has 1 aliphatic heterocycles. The molecular weight excluding hydrogens is 294 g/mol. The standard InChI is InChI=1S/C18H17NO4/c1-12(2)10-21-15-6-3-13(4-7-15)18(20)19-14-5-8-16-17(9-14)23-11-22-16/h3-9H,1,10-11H2,2H3,(H,19,20). The van der Waals surface area contributed by atoms with Crippen LogP contribution < -0.4 is 19.5 Å². The maximum Gasteiger partial charge on any atom is 0.255 e. The van der Waals surface area contributed by atoms with E-state index in [0.29, 0.717) is 35.1 Å². The topological polar surface area (TPSA) is 56.8 Å². The first-order chi connectivity index (χ1) is 11.1. The van der Waals surface area contributed by atoms with Gasteiger partial charge in [0.25, 0.3) is 5.91 Å². The van der Waals surface area contributed by atoms with Crippen LogP contribution in [-0.4, -0.2) is 19.3 Å². The molecule has 0 saturated carbocycles. The Balaban J connectivity index is 1.65. The number of hydrogen-bond acceptors (Lipinski definition) is 4. The van der Waals surface area contributed by atoms with Crippen molar-refractivity contribution in [1.82, 2.24) is 0 Å². The molecule has 0 aliphatic carbocycles. The molecule has 5 heteroatoms. The summed E-state index contributed by atoms with van der Waals surface area (Å²) in [6.45, 7) is 6.34. The van der Waals surface area contributed by atoms with E-state index in [1.165, 1.54) is 0 Å². The molecule has 1 heterocycles. The molecule has 1 N–H and O–H groups in total. The first kappa shape index (κ1) is 15.0. The zero-order valence-corrected chi connectivity index (χ0v) is 12.8. The highest BCUT2D eigenvalue weighted by Gasteiger charge is 2.14. The highest BCUT2D eigenvalue weighted by molar-refractivity contribution is 6.04. The van der Waals surface area contributed by atoms with Gasteiger partial charge < -0.3 is 19.5 Å². The lowest BCUT2D eigenvalue weighted by Crippen LogP contribution is -2.11. The predicted octanol–water partition coefficient (Wildman–Crippen LogP) is 3.62. The predicted molar refractivity (Wildman–Crippen MR) is 87.3 cm³/mol. The summed E-state index contributed by atoms with van der Waals surface area (Å²) in [5.74, 6) is 1.82. The zero-order valence-electron chi connectivity index (χ0n) is 12.8. The van der Waals surface area contributed by atoms with Gasteiger partial charge in [-0.25, -0.2) is 0 Å². The molecule has 118 valence electrons. The van der Waals surface area contributed by atoms with E-state index in [9.17, 15) is 4.79 Å². The van der Waals surface area contributed by atoms with Crippen molar-refractivity contribution in [2.45, 2.75) is 6.92 Å². The fourth-order valence-corrected chi connectivity index (χ4v) is 2.09. The van der Waals surface area contributed by atoms with Crippen LogP contribution in [0.25, 0.3) is 0 Å². The third-order valence-corrected chi connectivity index (χ3v) is 3.23. The second-order valence-electron chi connectivity index (χ2n) is 5.29. The minimum atomic E-state index is -0.199. The van der Waals surface area contributed by atoms with Gasteiger partial charge in [-0.15, -0.1) is 0 Å². The highest BCUT2D eigenvalue weighted by Crippen LogP contribution is 2.34. The van der Waals surface area contributed by atoms with Gasteiger partial charge in [0.2, 0.25) is 6.79 Å². The van der Waals surface area contributed by atoms with Crippen LogP contribution in [0.15, 0.2) is 54.6 Å². The molecule has 2 aromatic rings. The summed E-state index contributed by atoms with van der Waals surface area (Å²) in [6.07, 6.45) is 0. The minimum Gasteiger partial charge on any atom is -0.489 e. The van der Waals surface area contributed by atoms with Gasteiger partial charge in [-0.2, -0.15) is 0 Å². The first-order valence-corrected chi connectivity index (χ1v) is 7.20. The summed E-state index contributed by atoms with van der Waals surface area (Å²) in [5, 5.41) is 2.83. The van der Waals surface area contributed by atoms with E-state index in [1.54, 1.807) is 42.5 Å². The second-order valence-corrected chi connectivity index (χ2v) is 5.29. The number of benzene rings is 2. The summed E-state index contributed by atoms with van der Waals surface area (Å²) in [4.78, 5) is 12.3. The Labute approximate surface area is 134 Å². The highest BCUT2D eigenvalue weighted by atomic mass is 16.7. The number of ether oxygens (including phenoxy) is 3. The van der Waals surface area contributed by atoms with Gasteiger partial charge in [0.1, 0.15) is 12.4 Å². The van der Waals surface area contributed by atoms with Crippen molar-refractivity contribution in [1.29, 1.82) is 0 Å². The second kappa shape index (κ2) is 6.44. The fraction of sp³-hybridized carbons (Fsp3) is 0.167. The number of amides is 1. The van der Waals surface area contributed by atoms with E-state index in [1.807, 2.05) is 6.92 Å². The molecular formula is C18H17NO4. The number of anilines is 1. The zero-order chi connectivity index (χ0) is 16.2. The van der Waals surface area contributed by atoms with Gasteiger partial charge in [-0.1, -0.05) is 6.58 Å². The maximum absolute atomic E-state index is 12.3. The number of hydrogen-bond donors (Lipinski definition) is 1. The molecule has 0 atom stereocenters.